The zero-order valence-corrected chi connectivity index (χ0v) is 19.3. The van der Waals surface area contributed by atoms with Gasteiger partial charge in [-0.2, -0.15) is 0 Å². The summed E-state index contributed by atoms with van der Waals surface area (Å²) in [6.07, 6.45) is 2.16. The summed E-state index contributed by atoms with van der Waals surface area (Å²) in [6, 6.07) is 15.9. The molecule has 4 aromatic rings. The molecular formula is C24H18ClFN4O3S. The highest BCUT2D eigenvalue weighted by atomic mass is 35.5. The van der Waals surface area contributed by atoms with Crippen molar-refractivity contribution in [3.8, 4) is 11.3 Å². The van der Waals surface area contributed by atoms with Crippen LogP contribution in [-0.4, -0.2) is 36.6 Å². The summed E-state index contributed by atoms with van der Waals surface area (Å²) in [6.45, 7) is 0.291. The third-order valence-electron chi connectivity index (χ3n) is 5.54. The first-order valence-corrected chi connectivity index (χ1v) is 12.4. The van der Waals surface area contributed by atoms with Gasteiger partial charge in [0.1, 0.15) is 5.82 Å². The lowest BCUT2D eigenvalue weighted by Crippen LogP contribution is -2.25. The minimum absolute atomic E-state index is 0.0261. The average Bonchev–Trinajstić information content (AvgIpc) is 3.18. The molecule has 10 heteroatoms. The smallest absolute Gasteiger partial charge is 0.258 e. The lowest BCUT2D eigenvalue weighted by Gasteiger charge is -2.17. The summed E-state index contributed by atoms with van der Waals surface area (Å²) >= 11 is 6.38. The van der Waals surface area contributed by atoms with Crippen molar-refractivity contribution in [3.05, 3.63) is 83.3 Å². The lowest BCUT2D eigenvalue weighted by atomic mass is 10.1. The summed E-state index contributed by atoms with van der Waals surface area (Å²) in [5.74, 6) is -1.45. The minimum atomic E-state index is -3.44. The minimum Gasteiger partial charge on any atom is -0.322 e. The van der Waals surface area contributed by atoms with Crippen molar-refractivity contribution < 1.29 is 17.6 Å². The largest absolute Gasteiger partial charge is 0.322 e. The Morgan fingerprint density at radius 2 is 1.91 bits per heavy atom. The van der Waals surface area contributed by atoms with Crippen molar-refractivity contribution in [2.75, 3.05) is 21.9 Å². The van der Waals surface area contributed by atoms with Crippen LogP contribution in [0.1, 0.15) is 16.8 Å². The van der Waals surface area contributed by atoms with Gasteiger partial charge >= 0.3 is 0 Å². The van der Waals surface area contributed by atoms with E-state index in [0.717, 1.165) is 15.9 Å². The van der Waals surface area contributed by atoms with Crippen LogP contribution < -0.4 is 9.62 Å². The molecule has 1 amide bonds. The van der Waals surface area contributed by atoms with E-state index in [9.17, 15) is 17.6 Å². The Balaban J connectivity index is 1.41. The van der Waals surface area contributed by atoms with Crippen LogP contribution in [0.15, 0.2) is 66.9 Å². The molecule has 0 atom stereocenters. The second-order valence-corrected chi connectivity index (χ2v) is 10.2. The van der Waals surface area contributed by atoms with Gasteiger partial charge in [-0.25, -0.2) is 17.8 Å². The molecule has 34 heavy (non-hydrogen) atoms. The Kier molecular flexibility index (Phi) is 5.66. The molecule has 0 bridgehead atoms. The van der Waals surface area contributed by atoms with Gasteiger partial charge in [-0.1, -0.05) is 11.6 Å². The fourth-order valence-corrected chi connectivity index (χ4v) is 5.65. The van der Waals surface area contributed by atoms with Crippen molar-refractivity contribution in [2.24, 2.45) is 0 Å². The summed E-state index contributed by atoms with van der Waals surface area (Å²) in [5.41, 5.74) is 3.05. The molecule has 0 radical (unpaired) electrons. The van der Waals surface area contributed by atoms with Gasteiger partial charge in [0.2, 0.25) is 10.0 Å². The van der Waals surface area contributed by atoms with Crippen LogP contribution in [0.2, 0.25) is 5.02 Å². The number of aromatic nitrogens is 2. The standard InChI is InChI=1S/C24H18ClFN4O3S/c25-19-7-4-15(13-18(19)21-8-9-22-23(29-21)3-1-10-27-22)28-24(31)17-6-5-16(14-20(17)26)30-11-2-12-34(30,32)33/h1,3-10,13-14H,2,11-12H2,(H,28,31). The molecular weight excluding hydrogens is 479 g/mol. The Labute approximate surface area is 200 Å². The Bertz CT molecular complexity index is 1540. The van der Waals surface area contributed by atoms with Gasteiger partial charge in [-0.15, -0.1) is 0 Å². The zero-order valence-electron chi connectivity index (χ0n) is 17.7. The van der Waals surface area contributed by atoms with E-state index in [1.54, 1.807) is 36.5 Å². The normalized spacial score (nSPS) is 14.9. The van der Waals surface area contributed by atoms with Crippen molar-refractivity contribution >= 4 is 49.9 Å². The molecule has 172 valence electrons. The number of hydrogen-bond acceptors (Lipinski definition) is 5. The van der Waals surface area contributed by atoms with E-state index < -0.39 is 21.7 Å². The first kappa shape index (κ1) is 22.2. The molecule has 1 saturated heterocycles. The number of nitrogens with one attached hydrogen (secondary N) is 1. The zero-order chi connectivity index (χ0) is 23.9. The molecule has 0 saturated carbocycles. The molecule has 0 spiro atoms. The van der Waals surface area contributed by atoms with E-state index in [4.69, 9.17) is 11.6 Å². The molecule has 0 aliphatic carbocycles. The third kappa shape index (κ3) is 4.20. The predicted molar refractivity (Wildman–Crippen MR) is 130 cm³/mol. The Morgan fingerprint density at radius 1 is 1.06 bits per heavy atom. The van der Waals surface area contributed by atoms with Crippen LogP contribution in [0.3, 0.4) is 0 Å². The summed E-state index contributed by atoms with van der Waals surface area (Å²) in [7, 11) is -3.44. The van der Waals surface area contributed by atoms with E-state index in [1.807, 2.05) is 12.1 Å². The number of halogens is 2. The molecule has 3 heterocycles. The summed E-state index contributed by atoms with van der Waals surface area (Å²) < 4.78 is 40.1. The molecule has 7 nitrogen and oxygen atoms in total. The van der Waals surface area contributed by atoms with Crippen LogP contribution in [0.25, 0.3) is 22.3 Å². The highest BCUT2D eigenvalue weighted by Crippen LogP contribution is 2.31. The van der Waals surface area contributed by atoms with Crippen LogP contribution >= 0.6 is 11.6 Å². The molecule has 5 rings (SSSR count). The van der Waals surface area contributed by atoms with Gasteiger partial charge in [0.15, 0.2) is 0 Å². The van der Waals surface area contributed by atoms with Gasteiger partial charge in [-0.3, -0.25) is 14.1 Å². The number of fused-ring (bicyclic) bond motifs is 1. The van der Waals surface area contributed by atoms with Crippen molar-refractivity contribution in [1.82, 2.24) is 9.97 Å². The Hall–Kier alpha value is -3.56. The molecule has 0 unspecified atom stereocenters. The molecule has 1 N–H and O–H groups in total. The van der Waals surface area contributed by atoms with Crippen LogP contribution in [-0.2, 0) is 10.0 Å². The molecule has 1 aliphatic rings. The number of sulfonamides is 1. The van der Waals surface area contributed by atoms with Gasteiger partial charge in [-0.05, 0) is 67.1 Å². The van der Waals surface area contributed by atoms with Gasteiger partial charge in [0.05, 0.1) is 38.8 Å². The van der Waals surface area contributed by atoms with Crippen molar-refractivity contribution in [1.29, 1.82) is 0 Å². The van der Waals surface area contributed by atoms with Gasteiger partial charge < -0.3 is 5.32 Å². The second kappa shape index (κ2) is 8.66. The molecule has 2 aromatic carbocycles. The first-order valence-electron chi connectivity index (χ1n) is 10.4. The fraction of sp³-hybridized carbons (Fsp3) is 0.125. The number of pyridine rings is 2. The summed E-state index contributed by atoms with van der Waals surface area (Å²) in [4.78, 5) is 21.6. The van der Waals surface area contributed by atoms with E-state index in [1.165, 1.54) is 12.1 Å². The third-order valence-corrected chi connectivity index (χ3v) is 7.74. The number of rotatable bonds is 4. The van der Waals surface area contributed by atoms with Crippen molar-refractivity contribution in [2.45, 2.75) is 6.42 Å². The number of amides is 1. The number of hydrogen-bond donors (Lipinski definition) is 1. The molecule has 2 aromatic heterocycles. The highest BCUT2D eigenvalue weighted by Gasteiger charge is 2.29. The quantitative estimate of drug-likeness (QED) is 0.434. The molecule has 1 aliphatic heterocycles. The van der Waals surface area contributed by atoms with E-state index in [0.29, 0.717) is 40.4 Å². The van der Waals surface area contributed by atoms with E-state index >= 15 is 0 Å². The van der Waals surface area contributed by atoms with Gasteiger partial charge in [0.25, 0.3) is 5.91 Å². The maximum Gasteiger partial charge on any atom is 0.258 e. The average molecular weight is 497 g/mol. The molecule has 1 fully saturated rings. The Morgan fingerprint density at radius 3 is 2.68 bits per heavy atom. The topological polar surface area (TPSA) is 92.3 Å². The number of nitrogens with zero attached hydrogens (tertiary/aromatic N) is 3. The first-order chi connectivity index (χ1) is 16.3. The monoisotopic (exact) mass is 496 g/mol. The lowest BCUT2D eigenvalue weighted by molar-refractivity contribution is 0.102. The maximum atomic E-state index is 14.7. The SMILES string of the molecule is O=C(Nc1ccc(Cl)c(-c2ccc3ncccc3n2)c1)c1ccc(N2CCCS2(=O)=O)cc1F. The maximum absolute atomic E-state index is 14.7. The number of carbonyl (C=O) groups is 1. The van der Waals surface area contributed by atoms with Crippen LogP contribution in [0, 0.1) is 5.82 Å². The number of benzene rings is 2. The fourth-order valence-electron chi connectivity index (χ4n) is 3.88. The number of anilines is 2. The predicted octanol–water partition coefficient (Wildman–Crippen LogP) is 4.88. The summed E-state index contributed by atoms with van der Waals surface area (Å²) in [5, 5.41) is 3.11. The van der Waals surface area contributed by atoms with Crippen molar-refractivity contribution in [3.63, 3.8) is 0 Å². The highest BCUT2D eigenvalue weighted by molar-refractivity contribution is 7.93. The van der Waals surface area contributed by atoms with E-state index in [2.05, 4.69) is 15.3 Å². The van der Waals surface area contributed by atoms with Crippen LogP contribution in [0.5, 0.6) is 0 Å². The van der Waals surface area contributed by atoms with Gasteiger partial charge in [0, 0.05) is 24.0 Å². The van der Waals surface area contributed by atoms with Crippen LogP contribution in [0.4, 0.5) is 15.8 Å². The van der Waals surface area contributed by atoms with E-state index in [-0.39, 0.29) is 17.0 Å². The number of carbonyl (C=O) groups excluding carboxylic acids is 1. The second-order valence-electron chi connectivity index (χ2n) is 7.79.